The van der Waals surface area contributed by atoms with Gasteiger partial charge in [-0.25, -0.2) is 0 Å². The number of anilines is 1. The van der Waals surface area contributed by atoms with Gasteiger partial charge in [0.15, 0.2) is 0 Å². The van der Waals surface area contributed by atoms with Crippen LogP contribution in [-0.2, 0) is 4.79 Å². The Hall–Kier alpha value is -1.74. The molecule has 1 atom stereocenters. The zero-order chi connectivity index (χ0) is 15.4. The molecule has 0 fully saturated rings. The third-order valence-corrected chi connectivity index (χ3v) is 4.68. The van der Waals surface area contributed by atoms with Gasteiger partial charge in [-0.05, 0) is 57.0 Å². The summed E-state index contributed by atoms with van der Waals surface area (Å²) in [7, 11) is 0. The largest absolute Gasteiger partial charge is 0.325 e. The summed E-state index contributed by atoms with van der Waals surface area (Å²) in [5.41, 5.74) is 4.44. The van der Waals surface area contributed by atoms with Crippen molar-refractivity contribution in [1.82, 2.24) is 0 Å². The molecular weight excluding hydrogens is 278 g/mol. The van der Waals surface area contributed by atoms with Gasteiger partial charge in [0.25, 0.3) is 0 Å². The van der Waals surface area contributed by atoms with Gasteiger partial charge in [0.2, 0.25) is 5.91 Å². The molecule has 1 amide bonds. The standard InChI is InChI=1S/C18H21NOS/c1-12-8-10-16(11-9-12)21-15(4)18(20)19-17-7-5-6-13(2)14(17)3/h5-11,15H,1-4H3,(H,19,20)/t15-/m1/s1. The smallest absolute Gasteiger partial charge is 0.237 e. The fourth-order valence-corrected chi connectivity index (χ4v) is 2.86. The van der Waals surface area contributed by atoms with E-state index in [-0.39, 0.29) is 11.2 Å². The highest BCUT2D eigenvalue weighted by atomic mass is 32.2. The number of aryl methyl sites for hydroxylation is 2. The maximum atomic E-state index is 12.3. The lowest BCUT2D eigenvalue weighted by Crippen LogP contribution is -2.22. The minimum absolute atomic E-state index is 0.0364. The van der Waals surface area contributed by atoms with E-state index in [4.69, 9.17) is 0 Å². The molecule has 0 saturated carbocycles. The third kappa shape index (κ3) is 4.11. The van der Waals surface area contributed by atoms with Gasteiger partial charge in [-0.3, -0.25) is 4.79 Å². The van der Waals surface area contributed by atoms with Gasteiger partial charge in [0.1, 0.15) is 0 Å². The fraction of sp³-hybridized carbons (Fsp3) is 0.278. The topological polar surface area (TPSA) is 29.1 Å². The first kappa shape index (κ1) is 15.6. The SMILES string of the molecule is Cc1ccc(S[C@H](C)C(=O)Nc2cccc(C)c2C)cc1. The van der Waals surface area contributed by atoms with Crippen molar-refractivity contribution >= 4 is 23.4 Å². The maximum absolute atomic E-state index is 12.3. The summed E-state index contributed by atoms with van der Waals surface area (Å²) in [6, 6.07) is 14.2. The average Bonchev–Trinajstić information content (AvgIpc) is 2.46. The number of thioether (sulfide) groups is 1. The molecule has 0 saturated heterocycles. The van der Waals surface area contributed by atoms with E-state index < -0.39 is 0 Å². The van der Waals surface area contributed by atoms with Crippen molar-refractivity contribution in [3.8, 4) is 0 Å². The minimum Gasteiger partial charge on any atom is -0.325 e. The molecule has 2 aromatic rings. The Bertz CT molecular complexity index is 634. The molecule has 0 aromatic heterocycles. The Morgan fingerprint density at radius 3 is 2.38 bits per heavy atom. The second-order valence-electron chi connectivity index (χ2n) is 5.31. The van der Waals surface area contributed by atoms with Crippen molar-refractivity contribution in [2.45, 2.75) is 37.8 Å². The average molecular weight is 299 g/mol. The van der Waals surface area contributed by atoms with Gasteiger partial charge in [0.05, 0.1) is 5.25 Å². The molecule has 0 aliphatic carbocycles. The van der Waals surface area contributed by atoms with E-state index in [0.29, 0.717) is 0 Å². The fourth-order valence-electron chi connectivity index (χ4n) is 2.00. The van der Waals surface area contributed by atoms with Crippen LogP contribution < -0.4 is 5.32 Å². The molecule has 110 valence electrons. The van der Waals surface area contributed by atoms with E-state index in [9.17, 15) is 4.79 Å². The molecule has 0 radical (unpaired) electrons. The molecule has 0 heterocycles. The van der Waals surface area contributed by atoms with Crippen LogP contribution in [0, 0.1) is 20.8 Å². The number of hydrogen-bond acceptors (Lipinski definition) is 2. The third-order valence-electron chi connectivity index (χ3n) is 3.57. The lowest BCUT2D eigenvalue weighted by atomic mass is 10.1. The van der Waals surface area contributed by atoms with Gasteiger partial charge in [-0.15, -0.1) is 11.8 Å². The monoisotopic (exact) mass is 299 g/mol. The van der Waals surface area contributed by atoms with E-state index in [1.807, 2.05) is 26.0 Å². The van der Waals surface area contributed by atoms with Crippen molar-refractivity contribution in [3.63, 3.8) is 0 Å². The summed E-state index contributed by atoms with van der Waals surface area (Å²) in [6.45, 7) is 8.08. The van der Waals surface area contributed by atoms with Crippen LogP contribution in [0.25, 0.3) is 0 Å². The Balaban J connectivity index is 2.02. The molecule has 2 aromatic carbocycles. The summed E-state index contributed by atoms with van der Waals surface area (Å²) >= 11 is 1.58. The van der Waals surface area contributed by atoms with Gasteiger partial charge < -0.3 is 5.32 Å². The Labute approximate surface area is 131 Å². The second kappa shape index (κ2) is 6.81. The van der Waals surface area contributed by atoms with Gasteiger partial charge in [-0.2, -0.15) is 0 Å². The molecule has 1 N–H and O–H groups in total. The van der Waals surface area contributed by atoms with E-state index in [0.717, 1.165) is 16.1 Å². The Kier molecular flexibility index (Phi) is 5.07. The van der Waals surface area contributed by atoms with Crippen molar-refractivity contribution in [3.05, 3.63) is 59.2 Å². The lowest BCUT2D eigenvalue weighted by molar-refractivity contribution is -0.115. The van der Waals surface area contributed by atoms with Crippen LogP contribution in [0.4, 0.5) is 5.69 Å². The summed E-state index contributed by atoms with van der Waals surface area (Å²) < 4.78 is 0. The van der Waals surface area contributed by atoms with Crippen molar-refractivity contribution < 1.29 is 4.79 Å². The number of nitrogens with one attached hydrogen (secondary N) is 1. The van der Waals surface area contributed by atoms with Gasteiger partial charge in [0, 0.05) is 10.6 Å². The van der Waals surface area contributed by atoms with Crippen LogP contribution in [0.15, 0.2) is 47.4 Å². The lowest BCUT2D eigenvalue weighted by Gasteiger charge is -2.14. The van der Waals surface area contributed by atoms with Gasteiger partial charge in [-0.1, -0.05) is 29.8 Å². The predicted molar refractivity (Wildman–Crippen MR) is 91.0 cm³/mol. The van der Waals surface area contributed by atoms with E-state index in [1.165, 1.54) is 11.1 Å². The van der Waals surface area contributed by atoms with Crippen LogP contribution in [0.3, 0.4) is 0 Å². The number of carbonyl (C=O) groups is 1. The van der Waals surface area contributed by atoms with Gasteiger partial charge >= 0.3 is 0 Å². The van der Waals surface area contributed by atoms with Crippen LogP contribution >= 0.6 is 11.8 Å². The minimum atomic E-state index is -0.132. The maximum Gasteiger partial charge on any atom is 0.237 e. The summed E-state index contributed by atoms with van der Waals surface area (Å²) in [5.74, 6) is 0.0364. The first-order valence-electron chi connectivity index (χ1n) is 7.08. The highest BCUT2D eigenvalue weighted by Gasteiger charge is 2.15. The molecule has 21 heavy (non-hydrogen) atoms. The number of amides is 1. The molecule has 2 nitrogen and oxygen atoms in total. The number of carbonyl (C=O) groups excluding carboxylic acids is 1. The first-order chi connectivity index (χ1) is 9.97. The molecule has 0 spiro atoms. The molecule has 3 heteroatoms. The highest BCUT2D eigenvalue weighted by Crippen LogP contribution is 2.25. The van der Waals surface area contributed by atoms with E-state index in [2.05, 4.69) is 49.5 Å². The van der Waals surface area contributed by atoms with E-state index in [1.54, 1.807) is 11.8 Å². The number of benzene rings is 2. The Morgan fingerprint density at radius 2 is 1.71 bits per heavy atom. The summed E-state index contributed by atoms with van der Waals surface area (Å²) in [6.07, 6.45) is 0. The van der Waals surface area contributed by atoms with Crippen molar-refractivity contribution in [2.75, 3.05) is 5.32 Å². The van der Waals surface area contributed by atoms with Crippen molar-refractivity contribution in [1.29, 1.82) is 0 Å². The Morgan fingerprint density at radius 1 is 1.05 bits per heavy atom. The first-order valence-corrected chi connectivity index (χ1v) is 7.96. The van der Waals surface area contributed by atoms with Crippen LogP contribution in [0.1, 0.15) is 23.6 Å². The van der Waals surface area contributed by atoms with E-state index >= 15 is 0 Å². The molecule has 2 rings (SSSR count). The number of rotatable bonds is 4. The summed E-state index contributed by atoms with van der Waals surface area (Å²) in [5, 5.41) is 2.89. The van der Waals surface area contributed by atoms with Crippen molar-refractivity contribution in [2.24, 2.45) is 0 Å². The molecular formula is C18H21NOS. The quantitative estimate of drug-likeness (QED) is 0.827. The number of hydrogen-bond donors (Lipinski definition) is 1. The molecule has 0 aliphatic heterocycles. The zero-order valence-electron chi connectivity index (χ0n) is 12.9. The summed E-state index contributed by atoms with van der Waals surface area (Å²) in [4.78, 5) is 13.4. The zero-order valence-corrected chi connectivity index (χ0v) is 13.8. The van der Waals surface area contributed by atoms with Crippen LogP contribution in [-0.4, -0.2) is 11.2 Å². The molecule has 0 unspecified atom stereocenters. The molecule has 0 aliphatic rings. The van der Waals surface area contributed by atoms with Crippen LogP contribution in [0.2, 0.25) is 0 Å². The second-order valence-corrected chi connectivity index (χ2v) is 6.72. The molecule has 0 bridgehead atoms. The predicted octanol–water partition coefficient (Wildman–Crippen LogP) is 4.73. The van der Waals surface area contributed by atoms with Crippen LogP contribution in [0.5, 0.6) is 0 Å². The normalized spacial score (nSPS) is 12.0. The highest BCUT2D eigenvalue weighted by molar-refractivity contribution is 8.00.